The van der Waals surface area contributed by atoms with E-state index in [2.05, 4.69) is 20.9 Å². The standard InChI is InChI=1S/C23H37N7O5S/c1-14(19(31)30-18(22(34)35)10-12-36-2)28-21(33)17(9-6-11-27-23(25)26)29-20(32)16(24)13-15-7-4-3-5-8-15/h3-5,7-8,14,16-18H,6,9-13,24H2,1-2H3,(H,28,33)(H,29,32)(H,30,31)(H,34,35)(H4,25,26,27). The van der Waals surface area contributed by atoms with Crippen LogP contribution in [-0.2, 0) is 25.6 Å². The van der Waals surface area contributed by atoms with E-state index in [0.29, 0.717) is 12.2 Å². The third-order valence-corrected chi connectivity index (χ3v) is 5.83. The molecule has 0 fully saturated rings. The molecule has 0 saturated carbocycles. The van der Waals surface area contributed by atoms with Crippen molar-refractivity contribution in [1.82, 2.24) is 16.0 Å². The van der Waals surface area contributed by atoms with Gasteiger partial charge in [0.15, 0.2) is 5.96 Å². The van der Waals surface area contributed by atoms with Gasteiger partial charge in [-0.2, -0.15) is 11.8 Å². The molecule has 200 valence electrons. The fraction of sp³-hybridized carbons (Fsp3) is 0.522. The largest absolute Gasteiger partial charge is 0.480 e. The van der Waals surface area contributed by atoms with E-state index >= 15 is 0 Å². The molecular weight excluding hydrogens is 486 g/mol. The fourth-order valence-electron chi connectivity index (χ4n) is 3.18. The molecule has 0 aliphatic carbocycles. The molecule has 0 aliphatic rings. The second kappa shape index (κ2) is 16.4. The number of carbonyl (C=O) groups excluding carboxylic acids is 3. The first-order valence-corrected chi connectivity index (χ1v) is 12.9. The molecule has 1 aromatic carbocycles. The van der Waals surface area contributed by atoms with Crippen LogP contribution in [0.2, 0.25) is 0 Å². The number of guanidine groups is 1. The molecule has 1 aromatic rings. The van der Waals surface area contributed by atoms with Crippen molar-refractivity contribution in [3.63, 3.8) is 0 Å². The summed E-state index contributed by atoms with van der Waals surface area (Å²) in [7, 11) is 0. The second-order valence-electron chi connectivity index (χ2n) is 8.22. The Hall–Kier alpha value is -3.32. The van der Waals surface area contributed by atoms with E-state index in [1.807, 2.05) is 36.6 Å². The van der Waals surface area contributed by atoms with Crippen LogP contribution in [0.5, 0.6) is 0 Å². The summed E-state index contributed by atoms with van der Waals surface area (Å²) in [5.41, 5.74) is 17.6. The van der Waals surface area contributed by atoms with E-state index in [4.69, 9.17) is 17.2 Å². The first-order chi connectivity index (χ1) is 17.0. The number of aliphatic carboxylic acids is 1. The summed E-state index contributed by atoms with van der Waals surface area (Å²) >= 11 is 1.46. The number of amides is 3. The maximum Gasteiger partial charge on any atom is 0.326 e. The van der Waals surface area contributed by atoms with Crippen molar-refractivity contribution in [3.8, 4) is 0 Å². The molecule has 0 radical (unpaired) electrons. The van der Waals surface area contributed by atoms with Crippen LogP contribution in [0.1, 0.15) is 31.7 Å². The lowest BCUT2D eigenvalue weighted by molar-refractivity contribution is -0.142. The van der Waals surface area contributed by atoms with Gasteiger partial charge in [-0.1, -0.05) is 30.3 Å². The van der Waals surface area contributed by atoms with Crippen LogP contribution in [0, 0.1) is 0 Å². The van der Waals surface area contributed by atoms with Crippen molar-refractivity contribution in [2.24, 2.45) is 22.2 Å². The Balaban J connectivity index is 2.81. The maximum absolute atomic E-state index is 12.9. The van der Waals surface area contributed by atoms with Crippen LogP contribution in [-0.4, -0.2) is 77.5 Å². The second-order valence-corrected chi connectivity index (χ2v) is 9.20. The number of hydrogen-bond acceptors (Lipinski definition) is 7. The molecule has 0 saturated heterocycles. The minimum atomic E-state index is -1.16. The van der Waals surface area contributed by atoms with Gasteiger partial charge in [-0.25, -0.2) is 4.79 Å². The van der Waals surface area contributed by atoms with Crippen molar-refractivity contribution >= 4 is 41.4 Å². The molecule has 4 unspecified atom stereocenters. The van der Waals surface area contributed by atoms with Gasteiger partial charge in [0.05, 0.1) is 6.04 Å². The van der Waals surface area contributed by atoms with Gasteiger partial charge < -0.3 is 38.3 Å². The Morgan fingerprint density at radius 2 is 1.61 bits per heavy atom. The van der Waals surface area contributed by atoms with Crippen LogP contribution < -0.4 is 33.2 Å². The normalized spacial score (nSPS) is 14.0. The van der Waals surface area contributed by atoms with Crippen LogP contribution >= 0.6 is 11.8 Å². The highest BCUT2D eigenvalue weighted by molar-refractivity contribution is 7.98. The van der Waals surface area contributed by atoms with Gasteiger partial charge in [-0.15, -0.1) is 0 Å². The summed E-state index contributed by atoms with van der Waals surface area (Å²) < 4.78 is 0. The van der Waals surface area contributed by atoms with Crippen LogP contribution in [0.15, 0.2) is 35.3 Å². The molecule has 10 N–H and O–H groups in total. The van der Waals surface area contributed by atoms with Gasteiger partial charge in [-0.3, -0.25) is 19.4 Å². The lowest BCUT2D eigenvalue weighted by atomic mass is 10.0. The van der Waals surface area contributed by atoms with Crippen molar-refractivity contribution in [2.45, 2.75) is 56.8 Å². The zero-order valence-electron chi connectivity index (χ0n) is 20.6. The van der Waals surface area contributed by atoms with Gasteiger partial charge in [0.2, 0.25) is 17.7 Å². The number of nitrogens with zero attached hydrogens (tertiary/aromatic N) is 1. The molecule has 0 aliphatic heterocycles. The topological polar surface area (TPSA) is 215 Å². The maximum atomic E-state index is 12.9. The highest BCUT2D eigenvalue weighted by Gasteiger charge is 2.28. The predicted molar refractivity (Wildman–Crippen MR) is 140 cm³/mol. The van der Waals surface area contributed by atoms with Crippen LogP contribution in [0.25, 0.3) is 0 Å². The number of aliphatic imine (C=N–C) groups is 1. The van der Waals surface area contributed by atoms with E-state index in [1.165, 1.54) is 18.7 Å². The molecular formula is C23H37N7O5S. The van der Waals surface area contributed by atoms with E-state index in [-0.39, 0.29) is 31.8 Å². The van der Waals surface area contributed by atoms with Gasteiger partial charge in [-0.05, 0) is 50.2 Å². The summed E-state index contributed by atoms with van der Waals surface area (Å²) in [6.07, 6.45) is 2.91. The quantitative estimate of drug-likeness (QED) is 0.0795. The van der Waals surface area contributed by atoms with Crippen molar-refractivity contribution in [1.29, 1.82) is 0 Å². The van der Waals surface area contributed by atoms with Gasteiger partial charge >= 0.3 is 5.97 Å². The Labute approximate surface area is 215 Å². The average Bonchev–Trinajstić information content (AvgIpc) is 2.83. The van der Waals surface area contributed by atoms with Crippen molar-refractivity contribution in [2.75, 3.05) is 18.6 Å². The van der Waals surface area contributed by atoms with Gasteiger partial charge in [0.25, 0.3) is 0 Å². The number of hydrogen-bond donors (Lipinski definition) is 7. The molecule has 0 spiro atoms. The molecule has 1 rings (SSSR count). The highest BCUT2D eigenvalue weighted by Crippen LogP contribution is 2.05. The zero-order chi connectivity index (χ0) is 27.1. The van der Waals surface area contributed by atoms with E-state index in [0.717, 1.165) is 5.56 Å². The molecule has 4 atom stereocenters. The third kappa shape index (κ3) is 11.9. The first kappa shape index (κ1) is 30.7. The highest BCUT2D eigenvalue weighted by atomic mass is 32.2. The smallest absolute Gasteiger partial charge is 0.326 e. The van der Waals surface area contributed by atoms with E-state index in [1.54, 1.807) is 0 Å². The molecule has 0 aromatic heterocycles. The number of carboxylic acid groups (broad SMARTS) is 1. The van der Waals surface area contributed by atoms with Gasteiger partial charge in [0.1, 0.15) is 18.1 Å². The average molecular weight is 524 g/mol. The fourth-order valence-corrected chi connectivity index (χ4v) is 3.65. The molecule has 12 nitrogen and oxygen atoms in total. The van der Waals surface area contributed by atoms with Crippen LogP contribution in [0.4, 0.5) is 0 Å². The molecule has 36 heavy (non-hydrogen) atoms. The number of nitrogens with one attached hydrogen (secondary N) is 3. The Bertz CT molecular complexity index is 896. The summed E-state index contributed by atoms with van der Waals surface area (Å²) in [5.74, 6) is -2.49. The summed E-state index contributed by atoms with van der Waals surface area (Å²) in [4.78, 5) is 53.4. The van der Waals surface area contributed by atoms with Crippen molar-refractivity contribution < 1.29 is 24.3 Å². The third-order valence-electron chi connectivity index (χ3n) is 5.19. The number of rotatable bonds is 16. The summed E-state index contributed by atoms with van der Waals surface area (Å²) in [6, 6.07) is 5.20. The number of carboxylic acids is 1. The first-order valence-electron chi connectivity index (χ1n) is 11.5. The number of carbonyl (C=O) groups is 4. The Morgan fingerprint density at radius 1 is 0.972 bits per heavy atom. The Morgan fingerprint density at radius 3 is 2.19 bits per heavy atom. The molecule has 0 bridgehead atoms. The van der Waals surface area contributed by atoms with Gasteiger partial charge in [0, 0.05) is 6.54 Å². The molecule has 13 heteroatoms. The SMILES string of the molecule is CSCCC(NC(=O)C(C)NC(=O)C(CCCN=C(N)N)NC(=O)C(N)Cc1ccccc1)C(=O)O. The molecule has 0 heterocycles. The number of nitrogens with two attached hydrogens (primary N) is 3. The lowest BCUT2D eigenvalue weighted by Gasteiger charge is -2.23. The number of benzene rings is 1. The van der Waals surface area contributed by atoms with Crippen LogP contribution in [0.3, 0.4) is 0 Å². The summed E-state index contributed by atoms with van der Waals surface area (Å²) in [5, 5.41) is 16.9. The molecule has 3 amide bonds. The monoisotopic (exact) mass is 523 g/mol. The lowest BCUT2D eigenvalue weighted by Crippen LogP contribution is -2.56. The van der Waals surface area contributed by atoms with E-state index < -0.39 is 47.9 Å². The summed E-state index contributed by atoms with van der Waals surface area (Å²) in [6.45, 7) is 1.67. The Kier molecular flexibility index (Phi) is 14.0. The zero-order valence-corrected chi connectivity index (χ0v) is 21.4. The predicted octanol–water partition coefficient (Wildman–Crippen LogP) is -1.08. The number of thioether (sulfide) groups is 1. The minimum Gasteiger partial charge on any atom is -0.480 e. The minimum absolute atomic E-state index is 0.0929. The van der Waals surface area contributed by atoms with E-state index in [9.17, 15) is 24.3 Å². The van der Waals surface area contributed by atoms with Crippen molar-refractivity contribution in [3.05, 3.63) is 35.9 Å².